The van der Waals surface area contributed by atoms with Gasteiger partial charge < -0.3 is 5.73 Å². The van der Waals surface area contributed by atoms with Crippen molar-refractivity contribution in [1.82, 2.24) is 14.8 Å². The zero-order valence-corrected chi connectivity index (χ0v) is 13.6. The van der Waals surface area contributed by atoms with E-state index in [1.807, 2.05) is 12.3 Å². The Balaban J connectivity index is 1.64. The van der Waals surface area contributed by atoms with Crippen molar-refractivity contribution in [3.8, 4) is 5.13 Å². The van der Waals surface area contributed by atoms with Gasteiger partial charge in [0.05, 0.1) is 18.3 Å². The van der Waals surface area contributed by atoms with Crippen molar-refractivity contribution < 1.29 is 9.79 Å². The first-order valence-corrected chi connectivity index (χ1v) is 8.24. The molecule has 1 fully saturated rings. The molecule has 1 aliphatic rings. The quantitative estimate of drug-likeness (QED) is 0.500. The van der Waals surface area contributed by atoms with E-state index in [1.165, 1.54) is 11.3 Å². The van der Waals surface area contributed by atoms with Gasteiger partial charge in [-0.3, -0.25) is 5.73 Å². The maximum Gasteiger partial charge on any atom is 0.311 e. The van der Waals surface area contributed by atoms with Crippen LogP contribution in [0.5, 0.6) is 0 Å². The lowest BCUT2D eigenvalue weighted by Gasteiger charge is -1.95. The number of thiazole rings is 1. The molecule has 0 bridgehead atoms. The predicted octanol–water partition coefficient (Wildman–Crippen LogP) is -0.603. The summed E-state index contributed by atoms with van der Waals surface area (Å²) in [6.07, 6.45) is 7.47. The fourth-order valence-electron chi connectivity index (χ4n) is 2.14. The number of aromatic nitrogens is 3. The highest BCUT2D eigenvalue weighted by Crippen LogP contribution is 2.33. The Morgan fingerprint density at radius 3 is 2.96 bits per heavy atom. The first-order chi connectivity index (χ1) is 11.0. The Bertz CT molecular complexity index is 783. The number of carbonyl (C=O) groups is 1. The number of hydrogen-bond acceptors (Lipinski definition) is 5. The highest BCUT2D eigenvalue weighted by molar-refractivity contribution is 7.12. The smallest absolute Gasteiger partial charge is 0.311 e. The average Bonchev–Trinajstić information content (AvgIpc) is 3.10. The summed E-state index contributed by atoms with van der Waals surface area (Å²) in [6.45, 7) is 1.93. The van der Waals surface area contributed by atoms with Gasteiger partial charge in [0.1, 0.15) is 0 Å². The average molecular weight is 331 g/mol. The fraction of sp³-hybridized carbons (Fsp3) is 0.333. The van der Waals surface area contributed by atoms with Crippen molar-refractivity contribution in [2.24, 2.45) is 17.4 Å². The summed E-state index contributed by atoms with van der Waals surface area (Å²) in [5, 5.41) is 6.96. The molecule has 23 heavy (non-hydrogen) atoms. The van der Waals surface area contributed by atoms with Gasteiger partial charge in [-0.25, -0.2) is 19.5 Å². The van der Waals surface area contributed by atoms with Crippen molar-refractivity contribution in [2.75, 3.05) is 0 Å². The Morgan fingerprint density at radius 1 is 1.52 bits per heavy atom. The van der Waals surface area contributed by atoms with Gasteiger partial charge in [0.2, 0.25) is 5.13 Å². The summed E-state index contributed by atoms with van der Waals surface area (Å²) in [5.74, 6) is 0.505. The Hall–Kier alpha value is -2.48. The molecule has 1 amide bonds. The third-order valence-electron chi connectivity index (χ3n) is 3.46. The number of nitrogens with zero attached hydrogens (tertiary/aromatic N) is 3. The Kier molecular flexibility index (Phi) is 4.24. The van der Waals surface area contributed by atoms with E-state index in [1.54, 1.807) is 23.2 Å². The number of amidine groups is 1. The molecule has 2 aromatic heterocycles. The fourth-order valence-corrected chi connectivity index (χ4v) is 2.88. The Labute approximate surface area is 137 Å². The highest BCUT2D eigenvalue weighted by Gasteiger charge is 2.24. The Morgan fingerprint density at radius 2 is 2.30 bits per heavy atom. The maximum atomic E-state index is 12.0. The number of hydrogen-bond donors (Lipinski definition) is 3. The molecule has 120 valence electrons. The molecule has 0 atom stereocenters. The third kappa shape index (κ3) is 4.04. The van der Waals surface area contributed by atoms with E-state index in [0.717, 1.165) is 34.9 Å². The van der Waals surface area contributed by atoms with Crippen LogP contribution in [0.4, 0.5) is 0 Å². The minimum Gasteiger partial charge on any atom is -0.402 e. The molecule has 2 heterocycles. The molecule has 0 aromatic carbocycles. The normalized spacial score (nSPS) is 15.9. The number of nitrogens with one attached hydrogen (secondary N) is 1. The largest absolute Gasteiger partial charge is 0.402 e. The summed E-state index contributed by atoms with van der Waals surface area (Å²) in [6, 6.07) is 0. The van der Waals surface area contributed by atoms with E-state index in [9.17, 15) is 4.79 Å². The van der Waals surface area contributed by atoms with E-state index in [4.69, 9.17) is 11.5 Å². The number of carbonyl (C=O) groups excluding carboxylic acids is 1. The lowest BCUT2D eigenvalue weighted by Crippen LogP contribution is -2.79. The van der Waals surface area contributed by atoms with E-state index in [2.05, 4.69) is 15.1 Å². The molecule has 5 N–H and O–H groups in total. The van der Waals surface area contributed by atoms with E-state index < -0.39 is 0 Å². The van der Waals surface area contributed by atoms with Crippen LogP contribution in [0, 0.1) is 12.8 Å². The van der Waals surface area contributed by atoms with Crippen LogP contribution in [-0.4, -0.2) is 26.5 Å². The van der Waals surface area contributed by atoms with Crippen molar-refractivity contribution in [3.05, 3.63) is 40.8 Å². The van der Waals surface area contributed by atoms with Gasteiger partial charge >= 0.3 is 5.91 Å². The summed E-state index contributed by atoms with van der Waals surface area (Å²) >= 11 is 1.50. The monoisotopic (exact) mass is 331 g/mol. The number of aryl methyl sites for hydroxylation is 1. The maximum absolute atomic E-state index is 12.0. The topological polar surface area (TPSA) is 114 Å². The summed E-state index contributed by atoms with van der Waals surface area (Å²) < 4.78 is 1.67. The van der Waals surface area contributed by atoms with Gasteiger partial charge in [0, 0.05) is 28.9 Å². The second-order valence-corrected chi connectivity index (χ2v) is 6.50. The van der Waals surface area contributed by atoms with Crippen molar-refractivity contribution in [2.45, 2.75) is 26.2 Å². The van der Waals surface area contributed by atoms with E-state index in [0.29, 0.717) is 5.92 Å². The number of nitrogens with two attached hydrogens (primary N) is 2. The first kappa shape index (κ1) is 15.4. The van der Waals surface area contributed by atoms with Crippen LogP contribution in [0.1, 0.15) is 24.1 Å². The minimum absolute atomic E-state index is 0.197. The summed E-state index contributed by atoms with van der Waals surface area (Å²) in [4.78, 5) is 19.0. The molecule has 1 saturated carbocycles. The van der Waals surface area contributed by atoms with Gasteiger partial charge in [0.15, 0.2) is 0 Å². The van der Waals surface area contributed by atoms with Gasteiger partial charge in [-0.2, -0.15) is 5.10 Å². The second kappa shape index (κ2) is 6.33. The van der Waals surface area contributed by atoms with Crippen molar-refractivity contribution in [3.63, 3.8) is 0 Å². The molecule has 1 aliphatic carbocycles. The minimum atomic E-state index is -0.197. The van der Waals surface area contributed by atoms with Crippen LogP contribution in [0.3, 0.4) is 0 Å². The van der Waals surface area contributed by atoms with Gasteiger partial charge in [-0.05, 0) is 25.7 Å². The number of allylic oxidation sites excluding steroid dienone is 1. The first-order valence-electron chi connectivity index (χ1n) is 7.36. The van der Waals surface area contributed by atoms with Crippen LogP contribution >= 0.6 is 11.3 Å². The number of amides is 1. The van der Waals surface area contributed by atoms with Gasteiger partial charge in [-0.15, -0.1) is 11.3 Å². The van der Waals surface area contributed by atoms with Crippen LogP contribution in [0.2, 0.25) is 0 Å². The van der Waals surface area contributed by atoms with Crippen LogP contribution < -0.4 is 16.5 Å². The predicted molar refractivity (Wildman–Crippen MR) is 87.8 cm³/mol. The van der Waals surface area contributed by atoms with Crippen LogP contribution in [0.15, 0.2) is 29.5 Å². The molecule has 0 unspecified atom stereocenters. The lowest BCUT2D eigenvalue weighted by molar-refractivity contribution is -0.377. The van der Waals surface area contributed by atoms with Gasteiger partial charge in [0.25, 0.3) is 5.84 Å². The standard InChI is InChI=1S/C15H18N6OS/c1-9-8-23-15(19-9)21-7-10(6-18-21)4-14(22)20-13(17)5-12(16)11-2-3-11/h5-8,11H,2-4,16H2,1H3,(H2,17,20,22)/p+1/b12-5-. The second-order valence-electron chi connectivity index (χ2n) is 5.66. The summed E-state index contributed by atoms with van der Waals surface area (Å²) in [7, 11) is 0. The molecule has 0 radical (unpaired) electrons. The molecule has 0 aliphatic heterocycles. The zero-order chi connectivity index (χ0) is 16.4. The zero-order valence-electron chi connectivity index (χ0n) is 12.8. The molecule has 3 rings (SSSR count). The van der Waals surface area contributed by atoms with Crippen LogP contribution in [-0.2, 0) is 11.2 Å². The third-order valence-corrected chi connectivity index (χ3v) is 4.41. The molecule has 2 aromatic rings. The molecule has 7 nitrogen and oxygen atoms in total. The molecular formula is C15H19N6OS+. The highest BCUT2D eigenvalue weighted by atomic mass is 32.1. The summed E-state index contributed by atoms with van der Waals surface area (Å²) in [5.41, 5.74) is 14.1. The molecule has 8 heteroatoms. The molecule has 0 saturated heterocycles. The van der Waals surface area contributed by atoms with Crippen molar-refractivity contribution in [1.29, 1.82) is 0 Å². The molecular weight excluding hydrogens is 312 g/mol. The van der Waals surface area contributed by atoms with Gasteiger partial charge in [-0.1, -0.05) is 0 Å². The van der Waals surface area contributed by atoms with E-state index in [-0.39, 0.29) is 18.2 Å². The number of rotatable bonds is 5. The van der Waals surface area contributed by atoms with Crippen molar-refractivity contribution >= 4 is 23.1 Å². The lowest BCUT2D eigenvalue weighted by atomic mass is 10.2. The van der Waals surface area contributed by atoms with E-state index >= 15 is 0 Å². The van der Waals surface area contributed by atoms with Crippen LogP contribution in [0.25, 0.3) is 5.13 Å². The molecule has 0 spiro atoms. The SMILES string of the molecule is Cc1csc(-n2cc(CC(=O)[NH+]=C(N)/C=C(\N)C3CC3)cn2)n1.